The normalized spacial score (nSPS) is 29.2. The van der Waals surface area contributed by atoms with Crippen molar-refractivity contribution in [3.63, 3.8) is 0 Å². The zero-order valence-electron chi connectivity index (χ0n) is 11.9. The summed E-state index contributed by atoms with van der Waals surface area (Å²) in [6.07, 6.45) is 3.99. The molecule has 2 rings (SSSR count). The standard InChI is InChI=1S/C16H23BrClN/c1-10-5-4-6-16(11(10)2)19-12(3)14-8-7-13(17)9-15(14)18/h7-12,16,19H,4-6H2,1-3H3. The van der Waals surface area contributed by atoms with Crippen molar-refractivity contribution >= 4 is 27.5 Å². The third-order valence-electron chi connectivity index (χ3n) is 4.60. The van der Waals surface area contributed by atoms with Gasteiger partial charge in [-0.3, -0.25) is 0 Å². The molecular weight excluding hydrogens is 322 g/mol. The van der Waals surface area contributed by atoms with Crippen LogP contribution in [0.25, 0.3) is 0 Å². The fourth-order valence-corrected chi connectivity index (χ4v) is 3.92. The molecule has 19 heavy (non-hydrogen) atoms. The largest absolute Gasteiger partial charge is 0.307 e. The van der Waals surface area contributed by atoms with Gasteiger partial charge in [-0.1, -0.05) is 60.3 Å². The van der Waals surface area contributed by atoms with Crippen LogP contribution in [0.5, 0.6) is 0 Å². The maximum Gasteiger partial charge on any atom is 0.0464 e. The van der Waals surface area contributed by atoms with Gasteiger partial charge in [0.1, 0.15) is 0 Å². The molecule has 0 radical (unpaired) electrons. The molecule has 4 unspecified atom stereocenters. The van der Waals surface area contributed by atoms with Gasteiger partial charge in [0, 0.05) is 21.6 Å². The van der Waals surface area contributed by atoms with Crippen LogP contribution < -0.4 is 5.32 Å². The van der Waals surface area contributed by atoms with Crippen molar-refractivity contribution < 1.29 is 0 Å². The second kappa shape index (κ2) is 6.60. The van der Waals surface area contributed by atoms with Crippen LogP contribution in [0.15, 0.2) is 22.7 Å². The summed E-state index contributed by atoms with van der Waals surface area (Å²) in [4.78, 5) is 0. The van der Waals surface area contributed by atoms with Crippen molar-refractivity contribution in [3.05, 3.63) is 33.3 Å². The molecule has 0 bridgehead atoms. The maximum absolute atomic E-state index is 6.34. The molecule has 1 aromatic rings. The summed E-state index contributed by atoms with van der Waals surface area (Å²) < 4.78 is 1.04. The summed E-state index contributed by atoms with van der Waals surface area (Å²) >= 11 is 9.79. The molecule has 0 saturated heterocycles. The SMILES string of the molecule is CC(NC1CCCC(C)C1C)c1ccc(Br)cc1Cl. The smallest absolute Gasteiger partial charge is 0.0464 e. The van der Waals surface area contributed by atoms with E-state index in [9.17, 15) is 0 Å². The van der Waals surface area contributed by atoms with Crippen LogP contribution in [0.4, 0.5) is 0 Å². The van der Waals surface area contributed by atoms with E-state index in [0.717, 1.165) is 21.3 Å². The number of hydrogen-bond acceptors (Lipinski definition) is 1. The van der Waals surface area contributed by atoms with E-state index in [-0.39, 0.29) is 0 Å². The summed E-state index contributed by atoms with van der Waals surface area (Å²) in [6.45, 7) is 6.95. The van der Waals surface area contributed by atoms with Crippen molar-refractivity contribution in [2.45, 2.75) is 52.1 Å². The highest BCUT2D eigenvalue weighted by molar-refractivity contribution is 9.10. The fraction of sp³-hybridized carbons (Fsp3) is 0.625. The molecule has 0 amide bonds. The van der Waals surface area contributed by atoms with Crippen LogP contribution in [0.1, 0.15) is 51.6 Å². The van der Waals surface area contributed by atoms with Gasteiger partial charge >= 0.3 is 0 Å². The van der Waals surface area contributed by atoms with E-state index in [1.54, 1.807) is 0 Å². The lowest BCUT2D eigenvalue weighted by Crippen LogP contribution is -2.41. The minimum Gasteiger partial charge on any atom is -0.307 e. The van der Waals surface area contributed by atoms with Crippen LogP contribution in [-0.2, 0) is 0 Å². The highest BCUT2D eigenvalue weighted by Gasteiger charge is 2.28. The van der Waals surface area contributed by atoms with Crippen molar-refractivity contribution in [2.24, 2.45) is 11.8 Å². The van der Waals surface area contributed by atoms with E-state index < -0.39 is 0 Å². The Morgan fingerprint density at radius 3 is 2.74 bits per heavy atom. The lowest BCUT2D eigenvalue weighted by Gasteiger charge is -2.36. The van der Waals surface area contributed by atoms with Crippen molar-refractivity contribution in [1.29, 1.82) is 0 Å². The Morgan fingerprint density at radius 1 is 1.32 bits per heavy atom. The summed E-state index contributed by atoms with van der Waals surface area (Å²) in [7, 11) is 0. The third-order valence-corrected chi connectivity index (χ3v) is 5.42. The molecule has 1 aliphatic carbocycles. The summed E-state index contributed by atoms with van der Waals surface area (Å²) in [5, 5.41) is 4.61. The van der Waals surface area contributed by atoms with Crippen molar-refractivity contribution in [2.75, 3.05) is 0 Å². The molecule has 3 heteroatoms. The highest BCUT2D eigenvalue weighted by Crippen LogP contribution is 2.32. The molecule has 106 valence electrons. The quantitative estimate of drug-likeness (QED) is 0.755. The molecule has 1 aliphatic rings. The highest BCUT2D eigenvalue weighted by atomic mass is 79.9. The van der Waals surface area contributed by atoms with E-state index in [4.69, 9.17) is 11.6 Å². The monoisotopic (exact) mass is 343 g/mol. The topological polar surface area (TPSA) is 12.0 Å². The predicted molar refractivity (Wildman–Crippen MR) is 86.7 cm³/mol. The van der Waals surface area contributed by atoms with E-state index in [0.29, 0.717) is 12.1 Å². The van der Waals surface area contributed by atoms with Gasteiger partial charge in [0.25, 0.3) is 0 Å². The third kappa shape index (κ3) is 3.74. The maximum atomic E-state index is 6.34. The minimum atomic E-state index is 0.304. The Labute approximate surface area is 130 Å². The van der Waals surface area contributed by atoms with Crippen LogP contribution in [0.3, 0.4) is 0 Å². The van der Waals surface area contributed by atoms with E-state index in [2.05, 4.69) is 54.2 Å². The first kappa shape index (κ1) is 15.3. The second-order valence-electron chi connectivity index (χ2n) is 5.93. The molecule has 1 N–H and O–H groups in total. The van der Waals surface area contributed by atoms with Gasteiger partial charge in [-0.05, 0) is 42.9 Å². The fourth-order valence-electron chi connectivity index (χ4n) is 3.08. The van der Waals surface area contributed by atoms with Crippen molar-refractivity contribution in [3.8, 4) is 0 Å². The minimum absolute atomic E-state index is 0.304. The molecule has 1 fully saturated rings. The van der Waals surface area contributed by atoms with Gasteiger partial charge in [0.15, 0.2) is 0 Å². The zero-order valence-corrected chi connectivity index (χ0v) is 14.3. The molecule has 0 spiro atoms. The second-order valence-corrected chi connectivity index (χ2v) is 7.25. The van der Waals surface area contributed by atoms with E-state index in [1.807, 2.05) is 6.07 Å². The average Bonchev–Trinajstić information content (AvgIpc) is 2.34. The lowest BCUT2D eigenvalue weighted by molar-refractivity contribution is 0.196. The lowest BCUT2D eigenvalue weighted by atomic mass is 9.77. The van der Waals surface area contributed by atoms with Gasteiger partial charge < -0.3 is 5.32 Å². The molecule has 4 atom stereocenters. The molecule has 0 aromatic heterocycles. The number of benzene rings is 1. The average molecular weight is 345 g/mol. The Hall–Kier alpha value is -0.0500. The number of hydrogen-bond donors (Lipinski definition) is 1. The van der Waals surface area contributed by atoms with E-state index >= 15 is 0 Å². The molecule has 0 aliphatic heterocycles. The summed E-state index contributed by atoms with van der Waals surface area (Å²) in [5.74, 6) is 1.56. The number of nitrogens with one attached hydrogen (secondary N) is 1. The van der Waals surface area contributed by atoms with Gasteiger partial charge in [-0.15, -0.1) is 0 Å². The van der Waals surface area contributed by atoms with Crippen LogP contribution in [-0.4, -0.2) is 6.04 Å². The first-order valence-corrected chi connectivity index (χ1v) is 8.37. The number of rotatable bonds is 3. The molecule has 0 heterocycles. The first-order valence-electron chi connectivity index (χ1n) is 7.20. The molecule has 1 nitrogen and oxygen atoms in total. The van der Waals surface area contributed by atoms with Gasteiger partial charge in [-0.2, -0.15) is 0 Å². The van der Waals surface area contributed by atoms with Crippen LogP contribution in [0.2, 0.25) is 5.02 Å². The Kier molecular flexibility index (Phi) is 5.33. The molecule has 1 aromatic carbocycles. The number of halogens is 2. The van der Waals surface area contributed by atoms with Gasteiger partial charge in [0.05, 0.1) is 0 Å². The van der Waals surface area contributed by atoms with Crippen molar-refractivity contribution in [1.82, 2.24) is 5.32 Å². The Bertz CT molecular complexity index is 435. The van der Waals surface area contributed by atoms with Gasteiger partial charge in [-0.25, -0.2) is 0 Å². The van der Waals surface area contributed by atoms with Crippen LogP contribution in [0, 0.1) is 11.8 Å². The predicted octanol–water partition coefficient (Wildman–Crippen LogP) is 5.58. The Balaban J connectivity index is 2.05. The van der Waals surface area contributed by atoms with E-state index in [1.165, 1.54) is 24.8 Å². The molecular formula is C16H23BrClN. The summed E-state index contributed by atoms with van der Waals surface area (Å²) in [5.41, 5.74) is 1.19. The summed E-state index contributed by atoms with van der Waals surface area (Å²) in [6, 6.07) is 7.06. The first-order chi connectivity index (χ1) is 8.99. The van der Waals surface area contributed by atoms with Gasteiger partial charge in [0.2, 0.25) is 0 Å². The zero-order chi connectivity index (χ0) is 14.0. The van der Waals surface area contributed by atoms with Crippen LogP contribution >= 0.6 is 27.5 Å². The molecule has 1 saturated carbocycles. The Morgan fingerprint density at radius 2 is 2.05 bits per heavy atom.